The molecule has 0 fully saturated rings. The summed E-state index contributed by atoms with van der Waals surface area (Å²) in [4.78, 5) is 35.6. The standard InChI is InChI=1S/C14H16O5/c1-8-10-4-5-14(12(16)18-2,13(17)19-3)7-9(10)6-11(8)15/h4,6,8H,5,7H2,1-3H3. The van der Waals surface area contributed by atoms with E-state index in [4.69, 9.17) is 9.47 Å². The third-order valence-electron chi connectivity index (χ3n) is 3.90. The van der Waals surface area contributed by atoms with E-state index in [0.29, 0.717) is 0 Å². The van der Waals surface area contributed by atoms with Gasteiger partial charge in [0.25, 0.3) is 0 Å². The molecule has 0 saturated heterocycles. The Bertz CT molecular complexity index is 496. The van der Waals surface area contributed by atoms with Gasteiger partial charge in [0.05, 0.1) is 14.2 Å². The molecule has 0 aliphatic heterocycles. The number of esters is 2. The number of hydrogen-bond donors (Lipinski definition) is 0. The molecule has 0 spiro atoms. The summed E-state index contributed by atoms with van der Waals surface area (Å²) in [5.74, 6) is -1.43. The van der Waals surface area contributed by atoms with Gasteiger partial charge in [0, 0.05) is 5.92 Å². The average molecular weight is 264 g/mol. The second-order valence-corrected chi connectivity index (χ2v) is 4.90. The van der Waals surface area contributed by atoms with E-state index in [2.05, 4.69) is 0 Å². The summed E-state index contributed by atoms with van der Waals surface area (Å²) in [7, 11) is 2.48. The number of ether oxygens (including phenoxy) is 2. The maximum atomic E-state index is 12.0. The molecule has 0 aromatic rings. The summed E-state index contributed by atoms with van der Waals surface area (Å²) >= 11 is 0. The van der Waals surface area contributed by atoms with Gasteiger partial charge in [-0.1, -0.05) is 13.0 Å². The Labute approximate surface area is 111 Å². The van der Waals surface area contributed by atoms with Crippen molar-refractivity contribution in [2.75, 3.05) is 14.2 Å². The van der Waals surface area contributed by atoms with Crippen LogP contribution in [0.25, 0.3) is 0 Å². The molecule has 0 radical (unpaired) electrons. The molecule has 0 aromatic carbocycles. The number of hydrogen-bond acceptors (Lipinski definition) is 5. The molecule has 1 atom stereocenters. The van der Waals surface area contributed by atoms with Crippen LogP contribution in [0.4, 0.5) is 0 Å². The fourth-order valence-electron chi connectivity index (χ4n) is 2.74. The van der Waals surface area contributed by atoms with Crippen LogP contribution in [0.2, 0.25) is 0 Å². The number of ketones is 1. The first-order valence-corrected chi connectivity index (χ1v) is 6.08. The van der Waals surface area contributed by atoms with Crippen molar-refractivity contribution in [2.24, 2.45) is 11.3 Å². The van der Waals surface area contributed by atoms with E-state index in [9.17, 15) is 14.4 Å². The molecule has 2 aliphatic rings. The van der Waals surface area contributed by atoms with E-state index < -0.39 is 17.4 Å². The van der Waals surface area contributed by atoms with E-state index in [1.54, 1.807) is 6.08 Å². The molecule has 5 heteroatoms. The second kappa shape index (κ2) is 4.64. The van der Waals surface area contributed by atoms with E-state index in [0.717, 1.165) is 11.1 Å². The number of methoxy groups -OCH3 is 2. The van der Waals surface area contributed by atoms with Gasteiger partial charge < -0.3 is 9.47 Å². The molecule has 0 aromatic heterocycles. The van der Waals surface area contributed by atoms with Crippen LogP contribution in [0.15, 0.2) is 23.3 Å². The highest BCUT2D eigenvalue weighted by molar-refractivity contribution is 6.04. The van der Waals surface area contributed by atoms with Crippen molar-refractivity contribution < 1.29 is 23.9 Å². The molecule has 2 rings (SSSR count). The third kappa shape index (κ3) is 1.89. The van der Waals surface area contributed by atoms with Gasteiger partial charge in [-0.15, -0.1) is 0 Å². The Kier molecular flexibility index (Phi) is 3.30. The minimum Gasteiger partial charge on any atom is -0.468 e. The van der Waals surface area contributed by atoms with E-state index in [-0.39, 0.29) is 24.5 Å². The molecule has 19 heavy (non-hydrogen) atoms. The predicted octanol–water partition coefficient (Wildman–Crippen LogP) is 1.18. The summed E-state index contributed by atoms with van der Waals surface area (Å²) in [6.45, 7) is 1.82. The predicted molar refractivity (Wildman–Crippen MR) is 66.0 cm³/mol. The average Bonchev–Trinajstić information content (AvgIpc) is 2.71. The lowest BCUT2D eigenvalue weighted by Gasteiger charge is -2.31. The van der Waals surface area contributed by atoms with Crippen molar-refractivity contribution in [3.63, 3.8) is 0 Å². The highest BCUT2D eigenvalue weighted by atomic mass is 16.5. The number of rotatable bonds is 2. The second-order valence-electron chi connectivity index (χ2n) is 4.90. The van der Waals surface area contributed by atoms with Crippen molar-refractivity contribution in [3.05, 3.63) is 23.3 Å². The van der Waals surface area contributed by atoms with Crippen molar-refractivity contribution in [2.45, 2.75) is 19.8 Å². The van der Waals surface area contributed by atoms with E-state index >= 15 is 0 Å². The molecule has 0 heterocycles. The fraction of sp³-hybridized carbons (Fsp3) is 0.500. The zero-order valence-electron chi connectivity index (χ0n) is 11.2. The number of fused-ring (bicyclic) bond motifs is 1. The van der Waals surface area contributed by atoms with Crippen molar-refractivity contribution in [3.8, 4) is 0 Å². The molecular weight excluding hydrogens is 248 g/mol. The van der Waals surface area contributed by atoms with Crippen LogP contribution in [0.1, 0.15) is 19.8 Å². The molecule has 2 aliphatic carbocycles. The first kappa shape index (κ1) is 13.5. The molecule has 1 unspecified atom stereocenters. The lowest BCUT2D eigenvalue weighted by atomic mass is 9.72. The SMILES string of the molecule is COC(=O)C1(C(=O)OC)CC=C2C(=CC(=O)C2C)C1. The van der Waals surface area contributed by atoms with Gasteiger partial charge in [-0.25, -0.2) is 0 Å². The topological polar surface area (TPSA) is 69.7 Å². The number of carbonyl (C=O) groups is 3. The highest BCUT2D eigenvalue weighted by Gasteiger charge is 2.51. The Balaban J connectivity index is 2.44. The van der Waals surface area contributed by atoms with Gasteiger partial charge in [-0.3, -0.25) is 14.4 Å². The van der Waals surface area contributed by atoms with Crippen LogP contribution in [0, 0.1) is 11.3 Å². The van der Waals surface area contributed by atoms with E-state index in [1.165, 1.54) is 20.3 Å². The molecule has 0 amide bonds. The first-order chi connectivity index (χ1) is 8.96. The molecule has 0 bridgehead atoms. The van der Waals surface area contributed by atoms with Crippen molar-refractivity contribution in [1.82, 2.24) is 0 Å². The molecular formula is C14H16O5. The maximum absolute atomic E-state index is 12.0. The van der Waals surface area contributed by atoms with Crippen LogP contribution in [-0.4, -0.2) is 31.9 Å². The van der Waals surface area contributed by atoms with Gasteiger partial charge in [0.1, 0.15) is 0 Å². The normalized spacial score (nSPS) is 24.2. The Hall–Kier alpha value is -1.91. The van der Waals surface area contributed by atoms with Crippen molar-refractivity contribution >= 4 is 17.7 Å². The van der Waals surface area contributed by atoms with Gasteiger partial charge in [0.2, 0.25) is 0 Å². The summed E-state index contributed by atoms with van der Waals surface area (Å²) in [6, 6.07) is 0. The summed E-state index contributed by atoms with van der Waals surface area (Å²) in [5, 5.41) is 0. The number of carbonyl (C=O) groups excluding carboxylic acids is 3. The zero-order valence-corrected chi connectivity index (χ0v) is 11.2. The summed E-state index contributed by atoms with van der Waals surface area (Å²) in [5.41, 5.74) is 0.288. The van der Waals surface area contributed by atoms with Gasteiger partial charge >= 0.3 is 11.9 Å². The molecule has 5 nitrogen and oxygen atoms in total. The first-order valence-electron chi connectivity index (χ1n) is 6.08. The maximum Gasteiger partial charge on any atom is 0.323 e. The van der Waals surface area contributed by atoms with Crippen molar-refractivity contribution in [1.29, 1.82) is 0 Å². The summed E-state index contributed by atoms with van der Waals surface area (Å²) in [6.07, 6.45) is 3.65. The largest absolute Gasteiger partial charge is 0.468 e. The molecule has 0 N–H and O–H groups in total. The minimum atomic E-state index is -1.36. The minimum absolute atomic E-state index is 0.00628. The molecule has 0 saturated carbocycles. The Morgan fingerprint density at radius 2 is 1.84 bits per heavy atom. The van der Waals surface area contributed by atoms with Gasteiger partial charge in [-0.05, 0) is 30.1 Å². The van der Waals surface area contributed by atoms with Gasteiger partial charge in [0.15, 0.2) is 11.2 Å². The van der Waals surface area contributed by atoms with Crippen LogP contribution in [0.3, 0.4) is 0 Å². The van der Waals surface area contributed by atoms with Crippen LogP contribution in [-0.2, 0) is 23.9 Å². The fourth-order valence-corrected chi connectivity index (χ4v) is 2.74. The summed E-state index contributed by atoms with van der Waals surface area (Å²) < 4.78 is 9.47. The third-order valence-corrected chi connectivity index (χ3v) is 3.90. The van der Waals surface area contributed by atoms with Crippen LogP contribution in [0.5, 0.6) is 0 Å². The monoisotopic (exact) mass is 264 g/mol. The van der Waals surface area contributed by atoms with Crippen LogP contribution >= 0.6 is 0 Å². The van der Waals surface area contributed by atoms with Gasteiger partial charge in [-0.2, -0.15) is 0 Å². The van der Waals surface area contributed by atoms with E-state index in [1.807, 2.05) is 6.92 Å². The molecule has 102 valence electrons. The zero-order chi connectivity index (χ0) is 14.2. The number of allylic oxidation sites excluding steroid dienone is 4. The Morgan fingerprint density at radius 3 is 2.37 bits per heavy atom. The lowest BCUT2D eigenvalue weighted by Crippen LogP contribution is -2.42. The lowest BCUT2D eigenvalue weighted by molar-refractivity contribution is -0.169. The highest BCUT2D eigenvalue weighted by Crippen LogP contribution is 2.45. The van der Waals surface area contributed by atoms with Crippen LogP contribution < -0.4 is 0 Å². The Morgan fingerprint density at radius 1 is 1.26 bits per heavy atom. The smallest absolute Gasteiger partial charge is 0.323 e. The quantitative estimate of drug-likeness (QED) is 0.553.